The van der Waals surface area contributed by atoms with E-state index in [0.29, 0.717) is 13.1 Å². The molecule has 1 amide bonds. The topological polar surface area (TPSA) is 32.8 Å². The van der Waals surface area contributed by atoms with Crippen molar-refractivity contribution in [2.45, 2.75) is 26.4 Å². The van der Waals surface area contributed by atoms with E-state index < -0.39 is 5.60 Å². The van der Waals surface area contributed by atoms with Crippen molar-refractivity contribution in [1.82, 2.24) is 9.80 Å². The van der Waals surface area contributed by atoms with Gasteiger partial charge in [0.2, 0.25) is 0 Å². The maximum atomic E-state index is 11.7. The van der Waals surface area contributed by atoms with Gasteiger partial charge < -0.3 is 9.64 Å². The van der Waals surface area contributed by atoms with Crippen LogP contribution in [0.4, 0.5) is 4.79 Å². The summed E-state index contributed by atoms with van der Waals surface area (Å²) in [5, 5.41) is 0. The normalized spacial score (nSPS) is 19.6. The summed E-state index contributed by atoms with van der Waals surface area (Å²) in [6.45, 7) is 8.65. The highest BCUT2D eigenvalue weighted by Crippen LogP contribution is 2.11. The molecule has 0 N–H and O–H groups in total. The molecular weight excluding hydrogens is 248 g/mol. The van der Waals surface area contributed by atoms with Crippen LogP contribution in [0, 0.1) is 0 Å². The van der Waals surface area contributed by atoms with Crippen molar-refractivity contribution >= 4 is 32.8 Å². The van der Waals surface area contributed by atoms with Crippen LogP contribution in [0.1, 0.15) is 20.8 Å². The summed E-state index contributed by atoms with van der Waals surface area (Å²) in [5.41, 5.74) is 1.50. The molecule has 6 heteroatoms. The van der Waals surface area contributed by atoms with E-state index >= 15 is 0 Å². The molecule has 0 spiro atoms. The monoisotopic (exact) mass is 266 g/mol. The van der Waals surface area contributed by atoms with Gasteiger partial charge in [-0.25, -0.2) is 4.79 Å². The number of hydrogen-bond donors (Lipinski definition) is 1. The molecular formula is C10H19ClN2O2S. The lowest BCUT2D eigenvalue weighted by Crippen LogP contribution is -2.49. The van der Waals surface area contributed by atoms with Crippen LogP contribution in [0.3, 0.4) is 0 Å². The lowest BCUT2D eigenvalue weighted by atomic mass is 10.2. The summed E-state index contributed by atoms with van der Waals surface area (Å²) in [6.07, 6.45) is -0.226. The van der Waals surface area contributed by atoms with Gasteiger partial charge in [-0.1, -0.05) is 21.2 Å². The van der Waals surface area contributed by atoms with Gasteiger partial charge in [0.05, 0.1) is 0 Å². The molecule has 1 aliphatic rings. The van der Waals surface area contributed by atoms with E-state index in [2.05, 4.69) is 4.90 Å². The van der Waals surface area contributed by atoms with Crippen molar-refractivity contribution < 1.29 is 9.53 Å². The van der Waals surface area contributed by atoms with Crippen molar-refractivity contribution in [3.05, 3.63) is 0 Å². The standard InChI is InChI=1S/C10H19ClN2O2S/c1-10(2,3)15-9(14)13-6-4-12(5-7-13)8-16-11/h8,16H,4-7H2,1-3H3. The van der Waals surface area contributed by atoms with Crippen molar-refractivity contribution in [1.29, 1.82) is 0 Å². The van der Waals surface area contributed by atoms with E-state index in [1.807, 2.05) is 26.3 Å². The van der Waals surface area contributed by atoms with Gasteiger partial charge in [-0.15, -0.1) is 0 Å². The summed E-state index contributed by atoms with van der Waals surface area (Å²) in [5.74, 6) is 0. The fourth-order valence-corrected chi connectivity index (χ4v) is 2.13. The first-order valence-corrected chi connectivity index (χ1v) is 7.15. The minimum atomic E-state index is -0.422. The molecule has 0 aromatic heterocycles. The number of carbonyl (C=O) groups excluding carboxylic acids is 1. The number of rotatable bonds is 1. The molecule has 1 fully saturated rings. The Balaban J connectivity index is 2.39. The molecule has 1 heterocycles. The lowest BCUT2D eigenvalue weighted by Gasteiger charge is -2.33. The zero-order chi connectivity index (χ0) is 12.2. The second-order valence-electron chi connectivity index (χ2n) is 4.72. The van der Waals surface area contributed by atoms with Crippen molar-refractivity contribution in [3.63, 3.8) is 0 Å². The molecule has 0 saturated carbocycles. The molecule has 94 valence electrons. The van der Waals surface area contributed by atoms with Gasteiger partial charge in [0.25, 0.3) is 0 Å². The van der Waals surface area contributed by atoms with E-state index in [4.69, 9.17) is 15.4 Å². The van der Waals surface area contributed by atoms with Crippen LogP contribution < -0.4 is 0 Å². The van der Waals surface area contributed by atoms with Crippen LogP contribution in [0.15, 0.2) is 0 Å². The number of ether oxygens (including phenoxy) is 1. The number of piperazine rings is 1. The predicted octanol–water partition coefficient (Wildman–Crippen LogP) is 1.92. The second kappa shape index (κ2) is 5.89. The predicted molar refractivity (Wildman–Crippen MR) is 70.3 cm³/mol. The number of amides is 1. The number of halogens is 1. The number of carbonyl (C=O) groups is 1. The minimum Gasteiger partial charge on any atom is -0.444 e. The average Bonchev–Trinajstić information content (AvgIpc) is 2.16. The Labute approximate surface area is 105 Å². The van der Waals surface area contributed by atoms with Crippen LogP contribution in [-0.2, 0) is 4.74 Å². The highest BCUT2D eigenvalue weighted by atomic mass is 35.7. The molecule has 0 aliphatic carbocycles. The van der Waals surface area contributed by atoms with Gasteiger partial charge in [-0.2, -0.15) is 0 Å². The summed E-state index contributed by atoms with van der Waals surface area (Å²) >= 11 is 0. The molecule has 4 nitrogen and oxygen atoms in total. The molecule has 0 unspecified atom stereocenters. The Kier molecular flexibility index (Phi) is 5.08. The zero-order valence-electron chi connectivity index (χ0n) is 9.94. The van der Waals surface area contributed by atoms with Gasteiger partial charge in [0, 0.05) is 31.7 Å². The molecule has 0 aromatic carbocycles. The van der Waals surface area contributed by atoms with Gasteiger partial charge in [-0.3, -0.25) is 4.90 Å². The summed E-state index contributed by atoms with van der Waals surface area (Å²) in [4.78, 5) is 15.6. The van der Waals surface area contributed by atoms with E-state index in [-0.39, 0.29) is 6.09 Å². The Bertz CT molecular complexity index is 270. The van der Waals surface area contributed by atoms with E-state index in [1.165, 1.54) is 0 Å². The maximum absolute atomic E-state index is 11.7. The number of thiol groups is 1. The maximum Gasteiger partial charge on any atom is 0.410 e. The number of hydrogen-bond acceptors (Lipinski definition) is 2. The van der Waals surface area contributed by atoms with Crippen molar-refractivity contribution in [2.75, 3.05) is 26.2 Å². The van der Waals surface area contributed by atoms with Crippen LogP contribution in [-0.4, -0.2) is 53.2 Å². The first kappa shape index (κ1) is 13.8. The average molecular weight is 267 g/mol. The molecule has 0 atom stereocenters. The van der Waals surface area contributed by atoms with Gasteiger partial charge >= 0.3 is 6.09 Å². The van der Waals surface area contributed by atoms with Crippen LogP contribution in [0.5, 0.6) is 0 Å². The largest absolute Gasteiger partial charge is 0.444 e. The first-order valence-electron chi connectivity index (χ1n) is 5.29. The molecule has 1 aliphatic heterocycles. The van der Waals surface area contributed by atoms with Gasteiger partial charge in [-0.05, 0) is 20.8 Å². The summed E-state index contributed by atoms with van der Waals surface area (Å²) < 4.78 is 5.30. The van der Waals surface area contributed by atoms with Gasteiger partial charge in [0.1, 0.15) is 5.60 Å². The first-order chi connectivity index (χ1) is 7.42. The van der Waals surface area contributed by atoms with E-state index in [9.17, 15) is 4.79 Å². The molecule has 0 radical (unpaired) electrons. The Morgan fingerprint density at radius 1 is 1.31 bits per heavy atom. The Hall–Kier alpha value is -0.260. The molecule has 1 rings (SSSR count). The number of nitrogens with zero attached hydrogens (tertiary/aromatic N) is 2. The Morgan fingerprint density at radius 3 is 2.31 bits per heavy atom. The van der Waals surface area contributed by atoms with Crippen LogP contribution >= 0.6 is 21.2 Å². The third-order valence-corrected chi connectivity index (χ3v) is 2.85. The SMILES string of the molecule is CC(C)(C)OC(=O)N1CCN(C=[SH]Cl)CC1. The van der Waals surface area contributed by atoms with Crippen LogP contribution in [0.2, 0.25) is 0 Å². The Morgan fingerprint density at radius 2 is 1.88 bits per heavy atom. The fourth-order valence-electron chi connectivity index (χ4n) is 1.41. The third kappa shape index (κ3) is 4.72. The van der Waals surface area contributed by atoms with Crippen LogP contribution in [0.25, 0.3) is 0 Å². The van der Waals surface area contributed by atoms with Gasteiger partial charge in [0.15, 0.2) is 0 Å². The van der Waals surface area contributed by atoms with Crippen molar-refractivity contribution in [3.8, 4) is 0 Å². The van der Waals surface area contributed by atoms with E-state index in [1.54, 1.807) is 4.90 Å². The summed E-state index contributed by atoms with van der Waals surface area (Å²) in [7, 11) is 6.33. The zero-order valence-corrected chi connectivity index (χ0v) is 11.6. The smallest absolute Gasteiger partial charge is 0.410 e. The highest BCUT2D eigenvalue weighted by Gasteiger charge is 2.24. The summed E-state index contributed by atoms with van der Waals surface area (Å²) in [6, 6.07) is 0. The molecule has 0 bridgehead atoms. The van der Waals surface area contributed by atoms with E-state index in [0.717, 1.165) is 23.7 Å². The highest BCUT2D eigenvalue weighted by molar-refractivity contribution is 8.19. The molecule has 0 aromatic rings. The minimum absolute atomic E-state index is 0.226. The second-order valence-corrected chi connectivity index (χ2v) is 5.73. The molecule has 1 saturated heterocycles. The van der Waals surface area contributed by atoms with Crippen molar-refractivity contribution in [2.24, 2.45) is 0 Å². The quantitative estimate of drug-likeness (QED) is 0.581. The third-order valence-electron chi connectivity index (χ3n) is 2.17. The lowest BCUT2D eigenvalue weighted by molar-refractivity contribution is 0.0190. The fraction of sp³-hybridized carbons (Fsp3) is 0.800. The molecule has 16 heavy (non-hydrogen) atoms.